The van der Waals surface area contributed by atoms with E-state index in [1.807, 2.05) is 0 Å². The average Bonchev–Trinajstić information content (AvgIpc) is 2.53. The summed E-state index contributed by atoms with van der Waals surface area (Å²) in [7, 11) is 0. The van der Waals surface area contributed by atoms with Crippen molar-refractivity contribution in [3.8, 4) is 0 Å². The molecule has 1 atom stereocenters. The maximum absolute atomic E-state index is 3.62. The van der Waals surface area contributed by atoms with E-state index in [1.54, 1.807) is 0 Å². The van der Waals surface area contributed by atoms with Crippen molar-refractivity contribution in [1.29, 1.82) is 0 Å². The Kier molecular flexibility index (Phi) is 1.90. The molecule has 1 aliphatic carbocycles. The molecule has 0 spiro atoms. The van der Waals surface area contributed by atoms with E-state index in [0.717, 1.165) is 6.04 Å². The van der Waals surface area contributed by atoms with E-state index >= 15 is 0 Å². The van der Waals surface area contributed by atoms with Crippen molar-refractivity contribution < 1.29 is 0 Å². The highest BCUT2D eigenvalue weighted by atomic mass is 15.0. The van der Waals surface area contributed by atoms with Crippen LogP contribution < -0.4 is 10.6 Å². The molecule has 1 aliphatic heterocycles. The molecule has 2 aliphatic rings. The second-order valence-corrected chi connectivity index (χ2v) is 4.38. The van der Waals surface area contributed by atoms with E-state index in [4.69, 9.17) is 0 Å². The van der Waals surface area contributed by atoms with Gasteiger partial charge in [0.15, 0.2) is 0 Å². The summed E-state index contributed by atoms with van der Waals surface area (Å²) < 4.78 is 0. The minimum absolute atomic E-state index is 0.669. The zero-order valence-electron chi connectivity index (χ0n) is 7.32. The maximum Gasteiger partial charge on any atom is 0.0204 e. The number of nitrogens with one attached hydrogen (secondary N) is 2. The van der Waals surface area contributed by atoms with Crippen molar-refractivity contribution in [1.82, 2.24) is 10.6 Å². The first-order valence-corrected chi connectivity index (χ1v) is 4.73. The van der Waals surface area contributed by atoms with Gasteiger partial charge in [-0.3, -0.25) is 0 Å². The Hall–Kier alpha value is -0.0800. The molecule has 1 heterocycles. The van der Waals surface area contributed by atoms with Gasteiger partial charge in [-0.2, -0.15) is 0 Å². The Morgan fingerprint density at radius 2 is 2.36 bits per heavy atom. The molecule has 0 aromatic carbocycles. The Balaban J connectivity index is 1.65. The lowest BCUT2D eigenvalue weighted by atomic mass is 10.1. The van der Waals surface area contributed by atoms with Crippen molar-refractivity contribution in [2.75, 3.05) is 19.6 Å². The van der Waals surface area contributed by atoms with Crippen LogP contribution in [-0.2, 0) is 0 Å². The van der Waals surface area contributed by atoms with Gasteiger partial charge in [-0.15, -0.1) is 0 Å². The average molecular weight is 154 g/mol. The van der Waals surface area contributed by atoms with Gasteiger partial charge in [-0.25, -0.2) is 0 Å². The van der Waals surface area contributed by atoms with Gasteiger partial charge in [0.25, 0.3) is 0 Å². The van der Waals surface area contributed by atoms with Gasteiger partial charge < -0.3 is 10.6 Å². The lowest BCUT2D eigenvalue weighted by molar-refractivity contribution is 0.448. The van der Waals surface area contributed by atoms with Crippen LogP contribution in [0.15, 0.2) is 0 Å². The van der Waals surface area contributed by atoms with Gasteiger partial charge in [0.05, 0.1) is 0 Å². The zero-order valence-corrected chi connectivity index (χ0v) is 7.32. The quantitative estimate of drug-likeness (QED) is 0.626. The van der Waals surface area contributed by atoms with E-state index in [2.05, 4.69) is 17.6 Å². The first-order chi connectivity index (χ1) is 5.29. The lowest BCUT2D eigenvalue weighted by Gasteiger charge is -2.14. The summed E-state index contributed by atoms with van der Waals surface area (Å²) in [5, 5.41) is 6.99. The van der Waals surface area contributed by atoms with Gasteiger partial charge >= 0.3 is 0 Å². The molecule has 0 bridgehead atoms. The molecule has 1 unspecified atom stereocenters. The van der Waals surface area contributed by atoms with Crippen LogP contribution in [0, 0.1) is 5.41 Å². The van der Waals surface area contributed by atoms with E-state index in [9.17, 15) is 0 Å². The molecule has 64 valence electrons. The molecule has 0 radical (unpaired) electrons. The highest BCUT2D eigenvalue weighted by Gasteiger charge is 2.37. The Labute approximate surface area is 68.7 Å². The van der Waals surface area contributed by atoms with Gasteiger partial charge in [-0.1, -0.05) is 6.92 Å². The number of hydrogen-bond acceptors (Lipinski definition) is 2. The summed E-state index contributed by atoms with van der Waals surface area (Å²) in [5.41, 5.74) is 0.669. The SMILES string of the molecule is CC1(CNC2CCNC2)CC1. The van der Waals surface area contributed by atoms with Crippen LogP contribution in [0.4, 0.5) is 0 Å². The van der Waals surface area contributed by atoms with Crippen molar-refractivity contribution >= 4 is 0 Å². The number of hydrogen-bond donors (Lipinski definition) is 2. The van der Waals surface area contributed by atoms with Crippen LogP contribution in [0.2, 0.25) is 0 Å². The molecular weight excluding hydrogens is 136 g/mol. The van der Waals surface area contributed by atoms with Crippen molar-refractivity contribution in [2.45, 2.75) is 32.2 Å². The third kappa shape index (κ3) is 1.94. The first kappa shape index (κ1) is 7.56. The third-order valence-electron chi connectivity index (χ3n) is 2.98. The topological polar surface area (TPSA) is 24.1 Å². The maximum atomic E-state index is 3.62. The predicted molar refractivity (Wildman–Crippen MR) is 46.6 cm³/mol. The zero-order chi connectivity index (χ0) is 7.73. The minimum Gasteiger partial charge on any atom is -0.315 e. The highest BCUT2D eigenvalue weighted by molar-refractivity contribution is 4.92. The van der Waals surface area contributed by atoms with Crippen LogP contribution in [-0.4, -0.2) is 25.7 Å². The molecule has 2 heteroatoms. The van der Waals surface area contributed by atoms with Crippen molar-refractivity contribution in [3.05, 3.63) is 0 Å². The van der Waals surface area contributed by atoms with Crippen LogP contribution in [0.1, 0.15) is 26.2 Å². The molecule has 0 amide bonds. The summed E-state index contributed by atoms with van der Waals surface area (Å²) in [5.74, 6) is 0. The first-order valence-electron chi connectivity index (χ1n) is 4.73. The van der Waals surface area contributed by atoms with Gasteiger partial charge in [-0.05, 0) is 31.2 Å². The Morgan fingerprint density at radius 3 is 2.91 bits per heavy atom. The fraction of sp³-hybridized carbons (Fsp3) is 1.00. The Morgan fingerprint density at radius 1 is 1.55 bits per heavy atom. The Bertz CT molecular complexity index is 134. The van der Waals surface area contributed by atoms with Crippen LogP contribution in [0.5, 0.6) is 0 Å². The third-order valence-corrected chi connectivity index (χ3v) is 2.98. The van der Waals surface area contributed by atoms with Gasteiger partial charge in [0.1, 0.15) is 0 Å². The summed E-state index contributed by atoms with van der Waals surface area (Å²) in [6, 6.07) is 0.757. The number of rotatable bonds is 3. The fourth-order valence-electron chi connectivity index (χ4n) is 1.61. The second-order valence-electron chi connectivity index (χ2n) is 4.38. The summed E-state index contributed by atoms with van der Waals surface area (Å²) in [6.45, 7) is 5.99. The molecular formula is C9H18N2. The van der Waals surface area contributed by atoms with E-state index in [1.165, 1.54) is 38.9 Å². The van der Waals surface area contributed by atoms with Crippen molar-refractivity contribution in [3.63, 3.8) is 0 Å². The molecule has 1 saturated carbocycles. The molecule has 0 aromatic heterocycles. The van der Waals surface area contributed by atoms with Crippen LogP contribution >= 0.6 is 0 Å². The summed E-state index contributed by atoms with van der Waals surface area (Å²) in [6.07, 6.45) is 4.18. The summed E-state index contributed by atoms with van der Waals surface area (Å²) in [4.78, 5) is 0. The normalized spacial score (nSPS) is 34.1. The molecule has 11 heavy (non-hydrogen) atoms. The highest BCUT2D eigenvalue weighted by Crippen LogP contribution is 2.44. The molecule has 2 fully saturated rings. The minimum atomic E-state index is 0.669. The van der Waals surface area contributed by atoms with Crippen LogP contribution in [0.3, 0.4) is 0 Å². The van der Waals surface area contributed by atoms with E-state index < -0.39 is 0 Å². The van der Waals surface area contributed by atoms with E-state index in [-0.39, 0.29) is 0 Å². The largest absolute Gasteiger partial charge is 0.315 e. The second kappa shape index (κ2) is 2.76. The molecule has 2 rings (SSSR count). The lowest BCUT2D eigenvalue weighted by Crippen LogP contribution is -2.34. The van der Waals surface area contributed by atoms with E-state index in [0.29, 0.717) is 5.41 Å². The van der Waals surface area contributed by atoms with Gasteiger partial charge in [0.2, 0.25) is 0 Å². The predicted octanol–water partition coefficient (Wildman–Crippen LogP) is 0.738. The molecule has 2 N–H and O–H groups in total. The molecule has 1 saturated heterocycles. The van der Waals surface area contributed by atoms with Gasteiger partial charge in [0, 0.05) is 19.1 Å². The standard InChI is InChI=1S/C9H18N2/c1-9(3-4-9)7-11-8-2-5-10-6-8/h8,10-11H,2-7H2,1H3. The smallest absolute Gasteiger partial charge is 0.0204 e. The molecule has 2 nitrogen and oxygen atoms in total. The fourth-order valence-corrected chi connectivity index (χ4v) is 1.61. The van der Waals surface area contributed by atoms with Crippen LogP contribution in [0.25, 0.3) is 0 Å². The molecule has 0 aromatic rings. The monoisotopic (exact) mass is 154 g/mol. The van der Waals surface area contributed by atoms with Crippen molar-refractivity contribution in [2.24, 2.45) is 5.41 Å². The summed E-state index contributed by atoms with van der Waals surface area (Å²) >= 11 is 0.